The van der Waals surface area contributed by atoms with Crippen LogP contribution >= 0.6 is 0 Å². The predicted octanol–water partition coefficient (Wildman–Crippen LogP) is 6.48. The molecule has 0 radical (unpaired) electrons. The van der Waals surface area contributed by atoms with Crippen molar-refractivity contribution in [2.45, 2.75) is 26.4 Å². The molecule has 0 unspecified atom stereocenters. The molecule has 0 atom stereocenters. The van der Waals surface area contributed by atoms with Crippen molar-refractivity contribution in [2.75, 3.05) is 0 Å². The van der Waals surface area contributed by atoms with Crippen molar-refractivity contribution in [3.05, 3.63) is 65.5 Å². The quantitative estimate of drug-likeness (QED) is 0.470. The highest BCUT2D eigenvalue weighted by Crippen LogP contribution is 2.33. The molecule has 1 nitrogen and oxygen atoms in total. The summed E-state index contributed by atoms with van der Waals surface area (Å²) in [7, 11) is 0. The van der Waals surface area contributed by atoms with Crippen molar-refractivity contribution in [1.29, 1.82) is 0 Å². The molecule has 0 N–H and O–H groups in total. The molecule has 0 amide bonds. The van der Waals surface area contributed by atoms with Crippen LogP contribution in [0.2, 0.25) is 0 Å². The average Bonchev–Trinajstić information content (AvgIpc) is 2.57. The molecule has 0 aromatic heterocycles. The average molecular weight is 366 g/mol. The second-order valence-electron chi connectivity index (χ2n) is 5.88. The largest absolute Gasteiger partial charge is 0.432 e. The zero-order valence-corrected chi connectivity index (χ0v) is 13.8. The first-order valence-corrected chi connectivity index (χ1v) is 8.06. The fourth-order valence-corrected chi connectivity index (χ4v) is 2.95. The van der Waals surface area contributed by atoms with E-state index in [-0.39, 0.29) is 16.5 Å². The summed E-state index contributed by atoms with van der Waals surface area (Å²) in [5.41, 5.74) is 0.587. The van der Waals surface area contributed by atoms with Gasteiger partial charge in [0.25, 0.3) is 0 Å². The van der Waals surface area contributed by atoms with Gasteiger partial charge in [0.1, 0.15) is 11.6 Å². The van der Waals surface area contributed by atoms with Crippen LogP contribution in [-0.2, 0) is 6.42 Å². The first-order valence-electron chi connectivity index (χ1n) is 8.06. The maximum atomic E-state index is 14.4. The topological polar surface area (TPSA) is 9.23 Å². The Morgan fingerprint density at radius 1 is 0.923 bits per heavy atom. The fourth-order valence-electron chi connectivity index (χ4n) is 2.95. The molecule has 0 saturated carbocycles. The van der Waals surface area contributed by atoms with Crippen LogP contribution in [0.1, 0.15) is 18.9 Å². The number of aryl methyl sites for hydroxylation is 1. The third-order valence-corrected chi connectivity index (χ3v) is 4.06. The molecule has 0 saturated heterocycles. The predicted molar refractivity (Wildman–Crippen MR) is 89.9 cm³/mol. The van der Waals surface area contributed by atoms with Crippen molar-refractivity contribution in [2.24, 2.45) is 0 Å². The molecule has 0 fully saturated rings. The van der Waals surface area contributed by atoms with E-state index in [1.165, 1.54) is 36.4 Å². The number of ether oxygens (including phenoxy) is 1. The van der Waals surface area contributed by atoms with Crippen LogP contribution in [0.15, 0.2) is 42.5 Å². The van der Waals surface area contributed by atoms with Gasteiger partial charge in [0.05, 0.1) is 5.56 Å². The van der Waals surface area contributed by atoms with E-state index < -0.39 is 29.8 Å². The van der Waals surface area contributed by atoms with E-state index in [0.29, 0.717) is 17.4 Å². The molecule has 0 aliphatic rings. The van der Waals surface area contributed by atoms with Gasteiger partial charge in [-0.15, -0.1) is 0 Å². The Morgan fingerprint density at radius 2 is 1.62 bits per heavy atom. The summed E-state index contributed by atoms with van der Waals surface area (Å²) in [4.78, 5) is 0. The number of halogens is 5. The van der Waals surface area contributed by atoms with Gasteiger partial charge in [-0.2, -0.15) is 8.78 Å². The summed E-state index contributed by atoms with van der Waals surface area (Å²) in [6.45, 7) is -1.24. The third-order valence-electron chi connectivity index (χ3n) is 4.06. The smallest absolute Gasteiger partial charge is 0.387 e. The number of hydrogen-bond donors (Lipinski definition) is 0. The minimum Gasteiger partial charge on any atom is -0.432 e. The van der Waals surface area contributed by atoms with E-state index in [1.807, 2.05) is 6.92 Å². The lowest BCUT2D eigenvalue weighted by Gasteiger charge is -2.11. The van der Waals surface area contributed by atoms with Crippen LogP contribution in [0.25, 0.3) is 21.9 Å². The Balaban J connectivity index is 2.08. The second kappa shape index (κ2) is 7.32. The van der Waals surface area contributed by atoms with Crippen LogP contribution in [0, 0.1) is 17.5 Å². The highest BCUT2D eigenvalue weighted by molar-refractivity contribution is 5.89. The van der Waals surface area contributed by atoms with E-state index in [0.717, 1.165) is 12.5 Å². The number of alkyl halides is 2. The lowest BCUT2D eigenvalue weighted by molar-refractivity contribution is -0.0520. The van der Waals surface area contributed by atoms with Gasteiger partial charge >= 0.3 is 6.61 Å². The molecular weight excluding hydrogens is 351 g/mol. The summed E-state index contributed by atoms with van der Waals surface area (Å²) < 4.78 is 71.7. The fraction of sp³-hybridized carbons (Fsp3) is 0.200. The van der Waals surface area contributed by atoms with E-state index >= 15 is 0 Å². The molecule has 6 heteroatoms. The molecule has 3 aromatic carbocycles. The molecule has 0 spiro atoms. The van der Waals surface area contributed by atoms with Crippen molar-refractivity contribution in [3.8, 4) is 16.9 Å². The summed E-state index contributed by atoms with van der Waals surface area (Å²) in [6, 6.07) is 9.03. The van der Waals surface area contributed by atoms with Crippen molar-refractivity contribution in [1.82, 2.24) is 0 Å². The first kappa shape index (κ1) is 18.2. The monoisotopic (exact) mass is 366 g/mol. The van der Waals surface area contributed by atoms with Crippen LogP contribution in [0.3, 0.4) is 0 Å². The molecule has 0 aliphatic carbocycles. The SMILES string of the molecule is CCCc1cc(F)c(-c2ccc3c(F)c(OC(F)F)ccc3c2)c(F)c1. The van der Waals surface area contributed by atoms with Gasteiger partial charge in [-0.05, 0) is 47.2 Å². The Kier molecular flexibility index (Phi) is 5.11. The highest BCUT2D eigenvalue weighted by atomic mass is 19.3. The number of hydrogen-bond acceptors (Lipinski definition) is 1. The lowest BCUT2D eigenvalue weighted by Crippen LogP contribution is -2.03. The molecular formula is C20H15F5O. The van der Waals surface area contributed by atoms with Gasteiger partial charge in [-0.25, -0.2) is 13.2 Å². The zero-order valence-electron chi connectivity index (χ0n) is 13.8. The number of rotatable bonds is 5. The van der Waals surface area contributed by atoms with Crippen LogP contribution in [0.4, 0.5) is 22.0 Å². The number of fused-ring (bicyclic) bond motifs is 1. The van der Waals surface area contributed by atoms with E-state index in [1.54, 1.807) is 0 Å². The highest BCUT2D eigenvalue weighted by Gasteiger charge is 2.16. The van der Waals surface area contributed by atoms with Gasteiger partial charge in [0, 0.05) is 5.39 Å². The van der Waals surface area contributed by atoms with Crippen LogP contribution in [-0.4, -0.2) is 6.61 Å². The van der Waals surface area contributed by atoms with Gasteiger partial charge in [-0.3, -0.25) is 0 Å². The van der Waals surface area contributed by atoms with Crippen molar-refractivity contribution >= 4 is 10.8 Å². The number of benzene rings is 3. The van der Waals surface area contributed by atoms with Crippen molar-refractivity contribution in [3.63, 3.8) is 0 Å². The van der Waals surface area contributed by atoms with Gasteiger partial charge in [0.2, 0.25) is 0 Å². The van der Waals surface area contributed by atoms with E-state index in [2.05, 4.69) is 4.74 Å². The lowest BCUT2D eigenvalue weighted by atomic mass is 9.98. The van der Waals surface area contributed by atoms with Crippen molar-refractivity contribution < 1.29 is 26.7 Å². The van der Waals surface area contributed by atoms with Gasteiger partial charge in [-0.1, -0.05) is 31.5 Å². The van der Waals surface area contributed by atoms with E-state index in [9.17, 15) is 22.0 Å². The Labute approximate surface area is 147 Å². The zero-order chi connectivity index (χ0) is 18.8. The van der Waals surface area contributed by atoms with Crippen LogP contribution in [0.5, 0.6) is 5.75 Å². The van der Waals surface area contributed by atoms with Crippen LogP contribution < -0.4 is 4.74 Å². The normalized spacial score (nSPS) is 11.3. The first-order chi connectivity index (χ1) is 12.4. The Hall–Kier alpha value is -2.63. The minimum absolute atomic E-state index is 0.0234. The summed E-state index contributed by atoms with van der Waals surface area (Å²) in [5.74, 6) is -2.94. The molecule has 0 aliphatic heterocycles. The third kappa shape index (κ3) is 3.49. The molecule has 0 bridgehead atoms. The van der Waals surface area contributed by atoms with E-state index in [4.69, 9.17) is 0 Å². The molecule has 3 rings (SSSR count). The van der Waals surface area contributed by atoms with Gasteiger partial charge < -0.3 is 4.74 Å². The maximum Gasteiger partial charge on any atom is 0.387 e. The maximum absolute atomic E-state index is 14.4. The second-order valence-corrected chi connectivity index (χ2v) is 5.88. The molecule has 3 aromatic rings. The Morgan fingerprint density at radius 3 is 2.23 bits per heavy atom. The summed E-state index contributed by atoms with van der Waals surface area (Å²) in [5, 5.41) is 0.341. The van der Waals surface area contributed by atoms with Gasteiger partial charge in [0.15, 0.2) is 11.6 Å². The molecule has 26 heavy (non-hydrogen) atoms. The Bertz CT molecular complexity index is 929. The minimum atomic E-state index is -3.15. The summed E-state index contributed by atoms with van der Waals surface area (Å²) >= 11 is 0. The molecule has 0 heterocycles. The standard InChI is InChI=1S/C20H15F5O/c1-2-3-11-8-15(21)18(16(22)9-11)13-4-6-14-12(10-13)5-7-17(19(14)23)26-20(24)25/h4-10,20H,2-3H2,1H3. The molecule has 136 valence electrons. The summed E-state index contributed by atoms with van der Waals surface area (Å²) in [6.07, 6.45) is 1.32.